The fourth-order valence-electron chi connectivity index (χ4n) is 0.973. The molecule has 74 valence electrons. The Hall–Kier alpha value is -0.870. The van der Waals surface area contributed by atoms with Crippen LogP contribution in [0.4, 0.5) is 0 Å². The zero-order valence-corrected chi connectivity index (χ0v) is 8.08. The molecule has 0 fully saturated rings. The van der Waals surface area contributed by atoms with Crippen LogP contribution in [-0.4, -0.2) is 23.2 Å². The molecule has 0 aliphatic heterocycles. The fourth-order valence-corrected chi connectivity index (χ4v) is 0.973. The lowest BCUT2D eigenvalue weighted by Crippen LogP contribution is -2.22. The van der Waals surface area contributed by atoms with Crippen molar-refractivity contribution in [1.82, 2.24) is 10.3 Å². The maximum absolute atomic E-state index is 8.76. The van der Waals surface area contributed by atoms with Gasteiger partial charge in [0.1, 0.15) is 5.76 Å². The van der Waals surface area contributed by atoms with Crippen LogP contribution in [0.25, 0.3) is 0 Å². The quantitative estimate of drug-likeness (QED) is 0.707. The summed E-state index contributed by atoms with van der Waals surface area (Å²) < 4.78 is 5.26. The van der Waals surface area contributed by atoms with E-state index in [1.165, 1.54) is 0 Å². The molecule has 2 N–H and O–H groups in total. The Kier molecular flexibility index (Phi) is 3.92. The van der Waals surface area contributed by atoms with Crippen molar-refractivity contribution in [2.24, 2.45) is 5.92 Å². The van der Waals surface area contributed by atoms with Crippen molar-refractivity contribution in [3.63, 3.8) is 0 Å². The van der Waals surface area contributed by atoms with Crippen LogP contribution in [0.1, 0.15) is 18.6 Å². The number of nitrogens with one attached hydrogen (secondary N) is 1. The fraction of sp³-hybridized carbons (Fsp3) is 0.667. The molecule has 0 aliphatic carbocycles. The molecule has 1 rings (SSSR count). The highest BCUT2D eigenvalue weighted by molar-refractivity contribution is 4.90. The number of oxazole rings is 1. The van der Waals surface area contributed by atoms with Gasteiger partial charge in [0.2, 0.25) is 5.89 Å². The lowest BCUT2D eigenvalue weighted by atomic mass is 10.2. The summed E-state index contributed by atoms with van der Waals surface area (Å²) in [6.45, 7) is 5.45. The molecule has 13 heavy (non-hydrogen) atoms. The molecule has 0 aromatic carbocycles. The Morgan fingerprint density at radius 3 is 3.00 bits per heavy atom. The average molecular weight is 184 g/mol. The monoisotopic (exact) mass is 184 g/mol. The molecule has 1 atom stereocenters. The van der Waals surface area contributed by atoms with Gasteiger partial charge in [0.25, 0.3) is 0 Å². The largest absolute Gasteiger partial charge is 0.445 e. The van der Waals surface area contributed by atoms with Gasteiger partial charge in [-0.15, -0.1) is 0 Å². The highest BCUT2D eigenvalue weighted by Crippen LogP contribution is 2.00. The zero-order valence-electron chi connectivity index (χ0n) is 8.08. The summed E-state index contributed by atoms with van der Waals surface area (Å²) in [6, 6.07) is 0. The first-order valence-corrected chi connectivity index (χ1v) is 4.45. The predicted molar refractivity (Wildman–Crippen MR) is 49.2 cm³/mol. The van der Waals surface area contributed by atoms with Gasteiger partial charge in [0.15, 0.2) is 0 Å². The maximum atomic E-state index is 8.76. The van der Waals surface area contributed by atoms with E-state index in [2.05, 4.69) is 10.3 Å². The van der Waals surface area contributed by atoms with Crippen molar-refractivity contribution in [3.05, 3.63) is 17.8 Å². The normalized spacial score (nSPS) is 13.2. The first kappa shape index (κ1) is 10.2. The van der Waals surface area contributed by atoms with Gasteiger partial charge in [-0.25, -0.2) is 4.98 Å². The van der Waals surface area contributed by atoms with Gasteiger partial charge < -0.3 is 14.8 Å². The molecule has 0 saturated carbocycles. The maximum Gasteiger partial charge on any atom is 0.208 e. The minimum atomic E-state index is 0.206. The number of aromatic nitrogens is 1. The van der Waals surface area contributed by atoms with E-state index in [-0.39, 0.29) is 12.5 Å². The third-order valence-electron chi connectivity index (χ3n) is 1.75. The summed E-state index contributed by atoms with van der Waals surface area (Å²) >= 11 is 0. The molecule has 4 heteroatoms. The van der Waals surface area contributed by atoms with E-state index in [1.54, 1.807) is 6.20 Å². The van der Waals surface area contributed by atoms with E-state index < -0.39 is 0 Å². The number of aryl methyl sites for hydroxylation is 1. The summed E-state index contributed by atoms with van der Waals surface area (Å²) in [5, 5.41) is 11.9. The van der Waals surface area contributed by atoms with Crippen LogP contribution < -0.4 is 5.32 Å². The van der Waals surface area contributed by atoms with Crippen molar-refractivity contribution in [2.45, 2.75) is 20.4 Å². The summed E-state index contributed by atoms with van der Waals surface area (Å²) in [5.74, 6) is 1.80. The lowest BCUT2D eigenvalue weighted by Gasteiger charge is -2.07. The van der Waals surface area contributed by atoms with E-state index in [0.29, 0.717) is 12.4 Å². The zero-order chi connectivity index (χ0) is 9.68. The lowest BCUT2D eigenvalue weighted by molar-refractivity contribution is 0.232. The number of hydrogen-bond acceptors (Lipinski definition) is 4. The summed E-state index contributed by atoms with van der Waals surface area (Å²) in [4.78, 5) is 4.05. The van der Waals surface area contributed by atoms with E-state index in [1.807, 2.05) is 13.8 Å². The topological polar surface area (TPSA) is 58.3 Å². The van der Waals surface area contributed by atoms with E-state index >= 15 is 0 Å². The number of rotatable bonds is 5. The minimum absolute atomic E-state index is 0.206. The third-order valence-corrected chi connectivity index (χ3v) is 1.75. The number of aliphatic hydroxyl groups excluding tert-OH is 1. The second-order valence-corrected chi connectivity index (χ2v) is 3.28. The van der Waals surface area contributed by atoms with Gasteiger partial charge in [-0.1, -0.05) is 6.92 Å². The number of hydrogen-bond donors (Lipinski definition) is 2. The van der Waals surface area contributed by atoms with Crippen LogP contribution in [0.2, 0.25) is 0 Å². The molecule has 0 saturated heterocycles. The standard InChI is InChI=1S/C9H16N2O2/c1-7(6-12)3-10-5-9-11-4-8(2)13-9/h4,7,10,12H,3,5-6H2,1-2H3. The van der Waals surface area contributed by atoms with Gasteiger partial charge in [0.05, 0.1) is 12.7 Å². The van der Waals surface area contributed by atoms with Crippen LogP contribution in [-0.2, 0) is 6.54 Å². The molecule has 0 amide bonds. The molecule has 0 radical (unpaired) electrons. The second kappa shape index (κ2) is 4.99. The first-order chi connectivity index (χ1) is 6.22. The number of aliphatic hydroxyl groups is 1. The molecule has 0 spiro atoms. The Bertz CT molecular complexity index is 248. The average Bonchev–Trinajstić information content (AvgIpc) is 2.51. The van der Waals surface area contributed by atoms with E-state index in [4.69, 9.17) is 9.52 Å². The van der Waals surface area contributed by atoms with Gasteiger partial charge in [-0.3, -0.25) is 0 Å². The van der Waals surface area contributed by atoms with Gasteiger partial charge in [-0.2, -0.15) is 0 Å². The summed E-state index contributed by atoms with van der Waals surface area (Å²) in [7, 11) is 0. The predicted octanol–water partition coefficient (Wildman–Crippen LogP) is 0.701. The van der Waals surface area contributed by atoms with Crippen molar-refractivity contribution in [3.8, 4) is 0 Å². The molecule has 1 heterocycles. The van der Waals surface area contributed by atoms with Crippen LogP contribution in [0.15, 0.2) is 10.6 Å². The van der Waals surface area contributed by atoms with Crippen LogP contribution in [0.5, 0.6) is 0 Å². The van der Waals surface area contributed by atoms with E-state index in [0.717, 1.165) is 12.3 Å². The Morgan fingerprint density at radius 2 is 2.46 bits per heavy atom. The number of nitrogens with zero attached hydrogens (tertiary/aromatic N) is 1. The van der Waals surface area contributed by atoms with E-state index in [9.17, 15) is 0 Å². The highest BCUT2D eigenvalue weighted by atomic mass is 16.4. The molecule has 1 aromatic rings. The Morgan fingerprint density at radius 1 is 1.69 bits per heavy atom. The molecular weight excluding hydrogens is 168 g/mol. The molecule has 0 aliphatic rings. The van der Waals surface area contributed by atoms with Crippen LogP contribution >= 0.6 is 0 Å². The van der Waals surface area contributed by atoms with Crippen LogP contribution in [0.3, 0.4) is 0 Å². The summed E-state index contributed by atoms with van der Waals surface area (Å²) in [5.41, 5.74) is 0. The second-order valence-electron chi connectivity index (χ2n) is 3.28. The van der Waals surface area contributed by atoms with Crippen molar-refractivity contribution in [1.29, 1.82) is 0 Å². The van der Waals surface area contributed by atoms with Crippen molar-refractivity contribution >= 4 is 0 Å². The van der Waals surface area contributed by atoms with Crippen molar-refractivity contribution < 1.29 is 9.52 Å². The highest BCUT2D eigenvalue weighted by Gasteiger charge is 2.02. The smallest absolute Gasteiger partial charge is 0.208 e. The molecule has 4 nitrogen and oxygen atoms in total. The molecule has 1 unspecified atom stereocenters. The summed E-state index contributed by atoms with van der Waals surface area (Å²) in [6.07, 6.45) is 1.70. The minimum Gasteiger partial charge on any atom is -0.445 e. The van der Waals surface area contributed by atoms with Crippen molar-refractivity contribution in [2.75, 3.05) is 13.2 Å². The Balaban J connectivity index is 2.20. The SMILES string of the molecule is Cc1cnc(CNCC(C)CO)o1. The van der Waals surface area contributed by atoms with Gasteiger partial charge >= 0.3 is 0 Å². The molecule has 0 bridgehead atoms. The molecular formula is C9H16N2O2. The third kappa shape index (κ3) is 3.57. The Labute approximate surface area is 78.0 Å². The molecule has 1 aromatic heterocycles. The van der Waals surface area contributed by atoms with Gasteiger partial charge in [-0.05, 0) is 12.8 Å². The van der Waals surface area contributed by atoms with Crippen LogP contribution in [0, 0.1) is 12.8 Å². The first-order valence-electron chi connectivity index (χ1n) is 4.45. The van der Waals surface area contributed by atoms with Gasteiger partial charge in [0, 0.05) is 13.2 Å².